The molecule has 1 fully saturated rings. The zero-order valence-electron chi connectivity index (χ0n) is 12.2. The molecule has 0 spiro atoms. The summed E-state index contributed by atoms with van der Waals surface area (Å²) in [5.41, 5.74) is 7.77. The van der Waals surface area contributed by atoms with Crippen LogP contribution in [0.3, 0.4) is 0 Å². The van der Waals surface area contributed by atoms with Crippen LogP contribution >= 0.6 is 0 Å². The van der Waals surface area contributed by atoms with Crippen molar-refractivity contribution in [3.05, 3.63) is 23.8 Å². The van der Waals surface area contributed by atoms with E-state index in [1.54, 1.807) is 14.2 Å². The van der Waals surface area contributed by atoms with E-state index >= 15 is 0 Å². The third kappa shape index (κ3) is 3.42. The molecule has 5 heteroatoms. The largest absolute Gasteiger partial charge is 0.495 e. The molecule has 2 rings (SSSR count). The highest BCUT2D eigenvalue weighted by Gasteiger charge is 2.24. The number of likely N-dealkylation sites (tertiary alicyclic amines) is 1. The highest BCUT2D eigenvalue weighted by Crippen LogP contribution is 2.24. The first-order chi connectivity index (χ1) is 9.63. The highest BCUT2D eigenvalue weighted by atomic mass is 16.5. The summed E-state index contributed by atoms with van der Waals surface area (Å²) in [6, 6.07) is 5.91. The minimum absolute atomic E-state index is 0.164. The lowest BCUT2D eigenvalue weighted by molar-refractivity contribution is -0.125. The highest BCUT2D eigenvalue weighted by molar-refractivity contribution is 5.78. The summed E-state index contributed by atoms with van der Waals surface area (Å²) in [5.74, 6) is 1.04. The van der Waals surface area contributed by atoms with E-state index in [-0.39, 0.29) is 11.8 Å². The second-order valence-corrected chi connectivity index (χ2v) is 5.24. The van der Waals surface area contributed by atoms with Crippen LogP contribution in [0.5, 0.6) is 5.75 Å². The quantitative estimate of drug-likeness (QED) is 0.812. The van der Waals surface area contributed by atoms with Crippen LogP contribution in [-0.2, 0) is 11.3 Å². The van der Waals surface area contributed by atoms with E-state index in [1.165, 1.54) is 5.56 Å². The molecule has 1 heterocycles. The van der Waals surface area contributed by atoms with Crippen molar-refractivity contribution < 1.29 is 9.53 Å². The first-order valence-corrected chi connectivity index (χ1v) is 7.00. The standard InChI is InChI=1S/C15H23N3O2/c1-17-15(19)12-5-7-18(8-6-12)10-11-3-4-14(20-2)13(16)9-11/h3-4,9,12H,5-8,10,16H2,1-2H3,(H,17,19). The van der Waals surface area contributed by atoms with E-state index in [4.69, 9.17) is 10.5 Å². The number of nitrogen functional groups attached to an aromatic ring is 1. The number of piperidine rings is 1. The van der Waals surface area contributed by atoms with E-state index in [0.717, 1.165) is 32.5 Å². The molecule has 0 unspecified atom stereocenters. The number of methoxy groups -OCH3 is 1. The lowest BCUT2D eigenvalue weighted by Crippen LogP contribution is -2.39. The molecular formula is C15H23N3O2. The summed E-state index contributed by atoms with van der Waals surface area (Å²) < 4.78 is 5.16. The first-order valence-electron chi connectivity index (χ1n) is 7.00. The topological polar surface area (TPSA) is 67.6 Å². The van der Waals surface area contributed by atoms with Gasteiger partial charge in [-0.2, -0.15) is 0 Å². The number of carbonyl (C=O) groups excluding carboxylic acids is 1. The van der Waals surface area contributed by atoms with E-state index in [0.29, 0.717) is 11.4 Å². The molecule has 1 aliphatic heterocycles. The number of nitrogens with two attached hydrogens (primary N) is 1. The van der Waals surface area contributed by atoms with Gasteiger partial charge in [0.1, 0.15) is 5.75 Å². The van der Waals surface area contributed by atoms with Gasteiger partial charge in [0.15, 0.2) is 0 Å². The Morgan fingerprint density at radius 2 is 2.15 bits per heavy atom. The molecule has 1 amide bonds. The Morgan fingerprint density at radius 1 is 1.45 bits per heavy atom. The normalized spacial score (nSPS) is 16.9. The Balaban J connectivity index is 1.89. The molecule has 1 aliphatic rings. The van der Waals surface area contributed by atoms with Gasteiger partial charge in [0.05, 0.1) is 12.8 Å². The molecule has 0 radical (unpaired) electrons. The van der Waals surface area contributed by atoms with Gasteiger partial charge < -0.3 is 15.8 Å². The predicted octanol–water partition coefficient (Wildman–Crippen LogP) is 1.24. The van der Waals surface area contributed by atoms with E-state index in [2.05, 4.69) is 10.2 Å². The Labute approximate surface area is 120 Å². The summed E-state index contributed by atoms with van der Waals surface area (Å²) in [6.45, 7) is 2.77. The Morgan fingerprint density at radius 3 is 2.70 bits per heavy atom. The number of amides is 1. The molecule has 1 aromatic rings. The number of benzene rings is 1. The van der Waals surface area contributed by atoms with Crippen LogP contribution in [0.2, 0.25) is 0 Å². The summed E-state index contributed by atoms with van der Waals surface area (Å²) in [6.07, 6.45) is 1.84. The minimum Gasteiger partial charge on any atom is -0.495 e. The van der Waals surface area contributed by atoms with E-state index < -0.39 is 0 Å². The maximum absolute atomic E-state index is 11.6. The fourth-order valence-corrected chi connectivity index (χ4v) is 2.70. The molecule has 1 aromatic carbocycles. The van der Waals surface area contributed by atoms with Gasteiger partial charge in [0.25, 0.3) is 0 Å². The fraction of sp³-hybridized carbons (Fsp3) is 0.533. The number of hydrogen-bond donors (Lipinski definition) is 2. The van der Waals surface area contributed by atoms with Gasteiger partial charge >= 0.3 is 0 Å². The zero-order chi connectivity index (χ0) is 14.5. The van der Waals surface area contributed by atoms with Crippen molar-refractivity contribution in [1.82, 2.24) is 10.2 Å². The Hall–Kier alpha value is -1.75. The average Bonchev–Trinajstić information content (AvgIpc) is 2.47. The summed E-state index contributed by atoms with van der Waals surface area (Å²) in [4.78, 5) is 13.9. The van der Waals surface area contributed by atoms with Crippen LogP contribution in [0.25, 0.3) is 0 Å². The maximum atomic E-state index is 11.6. The molecule has 0 aromatic heterocycles. The molecule has 5 nitrogen and oxygen atoms in total. The fourth-order valence-electron chi connectivity index (χ4n) is 2.70. The molecular weight excluding hydrogens is 254 g/mol. The minimum atomic E-state index is 0.164. The number of anilines is 1. The van der Waals surface area contributed by atoms with Crippen molar-refractivity contribution in [3.8, 4) is 5.75 Å². The van der Waals surface area contributed by atoms with E-state index in [1.807, 2.05) is 18.2 Å². The average molecular weight is 277 g/mol. The smallest absolute Gasteiger partial charge is 0.222 e. The number of hydrogen-bond acceptors (Lipinski definition) is 4. The summed E-state index contributed by atoms with van der Waals surface area (Å²) in [7, 11) is 3.32. The number of nitrogens with one attached hydrogen (secondary N) is 1. The van der Waals surface area contributed by atoms with Gasteiger partial charge in [-0.15, -0.1) is 0 Å². The molecule has 0 bridgehead atoms. The maximum Gasteiger partial charge on any atom is 0.222 e. The van der Waals surface area contributed by atoms with Crippen LogP contribution in [0.15, 0.2) is 18.2 Å². The van der Waals surface area contributed by atoms with Gasteiger partial charge in [-0.1, -0.05) is 6.07 Å². The van der Waals surface area contributed by atoms with Crippen molar-refractivity contribution in [1.29, 1.82) is 0 Å². The zero-order valence-corrected chi connectivity index (χ0v) is 12.2. The van der Waals surface area contributed by atoms with Gasteiger partial charge in [-0.3, -0.25) is 9.69 Å². The van der Waals surface area contributed by atoms with Crippen LogP contribution < -0.4 is 15.8 Å². The summed E-state index contributed by atoms with van der Waals surface area (Å²) in [5, 5.41) is 2.73. The molecule has 0 aliphatic carbocycles. The van der Waals surface area contributed by atoms with Crippen molar-refractivity contribution in [2.24, 2.45) is 5.92 Å². The predicted molar refractivity (Wildman–Crippen MR) is 79.5 cm³/mol. The second-order valence-electron chi connectivity index (χ2n) is 5.24. The van der Waals surface area contributed by atoms with Crippen molar-refractivity contribution in [3.63, 3.8) is 0 Å². The molecule has 0 atom stereocenters. The van der Waals surface area contributed by atoms with Gasteiger partial charge in [-0.25, -0.2) is 0 Å². The van der Waals surface area contributed by atoms with Crippen molar-refractivity contribution >= 4 is 11.6 Å². The first kappa shape index (κ1) is 14.7. The van der Waals surface area contributed by atoms with Gasteiger partial charge in [0.2, 0.25) is 5.91 Å². The van der Waals surface area contributed by atoms with Crippen molar-refractivity contribution in [2.45, 2.75) is 19.4 Å². The monoisotopic (exact) mass is 277 g/mol. The molecule has 1 saturated heterocycles. The lowest BCUT2D eigenvalue weighted by atomic mass is 9.95. The van der Waals surface area contributed by atoms with Crippen molar-refractivity contribution in [2.75, 3.05) is 33.0 Å². The number of carbonyl (C=O) groups is 1. The van der Waals surface area contributed by atoms with E-state index in [9.17, 15) is 4.79 Å². The molecule has 0 saturated carbocycles. The second kappa shape index (κ2) is 6.61. The van der Waals surface area contributed by atoms with Gasteiger partial charge in [-0.05, 0) is 43.6 Å². The van der Waals surface area contributed by atoms with Gasteiger partial charge in [0, 0.05) is 19.5 Å². The third-order valence-electron chi connectivity index (χ3n) is 3.91. The molecule has 110 valence electrons. The number of rotatable bonds is 4. The molecule has 20 heavy (non-hydrogen) atoms. The lowest BCUT2D eigenvalue weighted by Gasteiger charge is -2.31. The SMILES string of the molecule is CNC(=O)C1CCN(Cc2ccc(OC)c(N)c2)CC1. The molecule has 3 N–H and O–H groups in total. The number of nitrogens with zero attached hydrogens (tertiary/aromatic N) is 1. The summed E-state index contributed by atoms with van der Waals surface area (Å²) >= 11 is 0. The third-order valence-corrected chi connectivity index (χ3v) is 3.91. The Bertz CT molecular complexity index is 468. The van der Waals surface area contributed by atoms with Crippen LogP contribution in [0.1, 0.15) is 18.4 Å². The number of ether oxygens (including phenoxy) is 1. The van der Waals surface area contributed by atoms with Crippen LogP contribution in [0, 0.1) is 5.92 Å². The van der Waals surface area contributed by atoms with Crippen LogP contribution in [-0.4, -0.2) is 38.1 Å². The Kier molecular flexibility index (Phi) is 4.84. The van der Waals surface area contributed by atoms with Crippen LogP contribution in [0.4, 0.5) is 5.69 Å².